The van der Waals surface area contributed by atoms with Crippen LogP contribution in [0.1, 0.15) is 23.0 Å². The third-order valence-corrected chi connectivity index (χ3v) is 8.31. The van der Waals surface area contributed by atoms with Crippen LogP contribution in [0.25, 0.3) is 0 Å². The van der Waals surface area contributed by atoms with Gasteiger partial charge in [0, 0.05) is 44.0 Å². The van der Waals surface area contributed by atoms with E-state index in [1.807, 2.05) is 0 Å². The highest BCUT2D eigenvalue weighted by Crippen LogP contribution is 2.34. The van der Waals surface area contributed by atoms with E-state index >= 15 is 0 Å². The number of anilines is 1. The number of aryl methyl sites for hydroxylation is 2. The summed E-state index contributed by atoms with van der Waals surface area (Å²) < 4.78 is 85.5. The van der Waals surface area contributed by atoms with Gasteiger partial charge in [-0.3, -0.25) is 19.7 Å². The van der Waals surface area contributed by atoms with E-state index in [1.165, 1.54) is 42.9 Å². The third kappa shape index (κ3) is 5.91. The second kappa shape index (κ2) is 10.7. The molecule has 1 saturated heterocycles. The molecule has 2 aromatic rings. The Morgan fingerprint density at radius 2 is 1.90 bits per heavy atom. The predicted molar refractivity (Wildman–Crippen MR) is 133 cm³/mol. The van der Waals surface area contributed by atoms with E-state index in [-0.39, 0.29) is 47.3 Å². The number of carbonyl (C=O) groups excluding carboxylic acids is 3. The van der Waals surface area contributed by atoms with Gasteiger partial charge in [-0.1, -0.05) is 0 Å². The van der Waals surface area contributed by atoms with Crippen LogP contribution in [0, 0.1) is 18.7 Å². The first-order valence-corrected chi connectivity index (χ1v) is 13.8. The molecule has 2 aliphatic heterocycles. The third-order valence-electron chi connectivity index (χ3n) is 6.81. The van der Waals surface area contributed by atoms with E-state index in [0.717, 1.165) is 4.90 Å². The lowest BCUT2D eigenvalue weighted by molar-refractivity contribution is -0.162. The monoisotopic (exact) mass is 589 g/mol. The van der Waals surface area contributed by atoms with E-state index in [9.17, 15) is 40.4 Å². The van der Waals surface area contributed by atoms with Gasteiger partial charge in [-0.2, -0.15) is 13.2 Å². The fraction of sp³-hybridized carbons (Fsp3) is 0.458. The first-order valence-electron chi connectivity index (χ1n) is 12.1. The summed E-state index contributed by atoms with van der Waals surface area (Å²) in [5.74, 6) is -5.19. The van der Waals surface area contributed by atoms with E-state index in [4.69, 9.17) is 4.74 Å². The number of nitrogens with one attached hydrogen (secondary N) is 3. The van der Waals surface area contributed by atoms with Crippen LogP contribution < -0.4 is 20.7 Å². The number of rotatable bonds is 3. The summed E-state index contributed by atoms with van der Waals surface area (Å²) in [6, 6.07) is 1.03. The predicted octanol–water partition coefficient (Wildman–Crippen LogP) is 1.33. The number of sulfone groups is 1. The number of hydrogen-bond donors (Lipinski definition) is 3. The number of nitrogens with zero attached hydrogens (tertiary/aromatic N) is 2. The van der Waals surface area contributed by atoms with Crippen LogP contribution in [-0.4, -0.2) is 79.4 Å². The molecule has 0 aliphatic carbocycles. The Labute approximate surface area is 226 Å². The fourth-order valence-corrected chi connectivity index (χ4v) is 5.86. The second-order valence-electron chi connectivity index (χ2n) is 9.79. The molecule has 0 radical (unpaired) electrons. The van der Waals surface area contributed by atoms with E-state index < -0.39 is 63.4 Å². The molecule has 218 valence electrons. The van der Waals surface area contributed by atoms with Crippen molar-refractivity contribution < 1.29 is 45.1 Å². The lowest BCUT2D eigenvalue weighted by atomic mass is 10.1. The van der Waals surface area contributed by atoms with Crippen LogP contribution in [0.4, 0.5) is 23.2 Å². The number of carbonyl (C=O) groups is 3. The van der Waals surface area contributed by atoms with Gasteiger partial charge in [0.25, 0.3) is 5.91 Å². The highest BCUT2D eigenvalue weighted by atomic mass is 32.2. The summed E-state index contributed by atoms with van der Waals surface area (Å²) in [7, 11) is -2.61. The van der Waals surface area contributed by atoms with Gasteiger partial charge < -0.3 is 24.8 Å². The Morgan fingerprint density at radius 3 is 2.55 bits per heavy atom. The molecule has 0 bridgehead atoms. The zero-order valence-electron chi connectivity index (χ0n) is 21.6. The Kier molecular flexibility index (Phi) is 7.86. The van der Waals surface area contributed by atoms with Crippen molar-refractivity contribution in [2.24, 2.45) is 13.0 Å². The van der Waals surface area contributed by atoms with Crippen molar-refractivity contribution in [3.05, 3.63) is 41.5 Å². The summed E-state index contributed by atoms with van der Waals surface area (Å²) in [6.07, 6.45) is -3.50. The fourth-order valence-electron chi connectivity index (χ4n) is 4.52. The van der Waals surface area contributed by atoms with Gasteiger partial charge in [-0.25, -0.2) is 12.8 Å². The molecule has 3 amide bonds. The molecule has 16 heteroatoms. The van der Waals surface area contributed by atoms with Crippen LogP contribution in [-0.2, 0) is 26.5 Å². The van der Waals surface area contributed by atoms with E-state index in [1.54, 1.807) is 5.32 Å². The lowest BCUT2D eigenvalue weighted by Crippen LogP contribution is -2.50. The first-order chi connectivity index (χ1) is 18.6. The summed E-state index contributed by atoms with van der Waals surface area (Å²) in [5.41, 5.74) is 0.439. The van der Waals surface area contributed by atoms with Crippen molar-refractivity contribution in [3.63, 3.8) is 0 Å². The smallest absolute Gasteiger partial charge is 0.408 e. The molecule has 2 aliphatic rings. The summed E-state index contributed by atoms with van der Waals surface area (Å²) in [5, 5.41) is 7.05. The number of likely N-dealkylation sites (tertiary alicyclic amines) is 1. The van der Waals surface area contributed by atoms with Crippen molar-refractivity contribution in [2.45, 2.75) is 37.0 Å². The van der Waals surface area contributed by atoms with Crippen molar-refractivity contribution in [1.82, 2.24) is 20.1 Å². The second-order valence-corrected chi connectivity index (χ2v) is 11.7. The molecule has 0 unspecified atom stereocenters. The Hall–Kier alpha value is -3.66. The van der Waals surface area contributed by atoms with Gasteiger partial charge in [-0.15, -0.1) is 0 Å². The minimum atomic E-state index is -4.74. The standard InChI is InChI=1S/C24H27F4N5O6S/c1-12-6-15(4-5-16(12)25)31-21(34)19-20-18(9-32(19)3)40(37,38)11-29-17-8-33(7-14(17)10-39-20)23(36)22(35)30-13(2)24(26,27)28/h4-6,9,13-14,17,29H,7-8,10-11H2,1-3H3,(H,30,35)(H,31,34)/t13-,14+,17+/m1/s1. The van der Waals surface area contributed by atoms with Crippen LogP contribution in [0.2, 0.25) is 0 Å². The largest absolute Gasteiger partial charge is 0.489 e. The van der Waals surface area contributed by atoms with E-state index in [2.05, 4.69) is 10.6 Å². The van der Waals surface area contributed by atoms with Crippen LogP contribution in [0.3, 0.4) is 0 Å². The maximum atomic E-state index is 13.6. The summed E-state index contributed by atoms with van der Waals surface area (Å²) in [6.45, 7) is 1.79. The number of ether oxygens (including phenoxy) is 1. The quantitative estimate of drug-likeness (QED) is 0.363. The van der Waals surface area contributed by atoms with Gasteiger partial charge in [-0.05, 0) is 37.6 Å². The van der Waals surface area contributed by atoms with Crippen LogP contribution >= 0.6 is 0 Å². The Bertz CT molecular complexity index is 1460. The number of hydrogen-bond acceptors (Lipinski definition) is 7. The Morgan fingerprint density at radius 1 is 1.20 bits per heavy atom. The first kappa shape index (κ1) is 29.3. The molecule has 4 rings (SSSR count). The lowest BCUT2D eigenvalue weighted by Gasteiger charge is -2.20. The topological polar surface area (TPSA) is 139 Å². The number of aromatic nitrogens is 1. The van der Waals surface area contributed by atoms with Crippen LogP contribution in [0.5, 0.6) is 5.75 Å². The van der Waals surface area contributed by atoms with E-state index in [0.29, 0.717) is 6.92 Å². The number of halogens is 4. The van der Waals surface area contributed by atoms with Crippen molar-refractivity contribution in [3.8, 4) is 5.75 Å². The molecule has 1 aromatic heterocycles. The Balaban J connectivity index is 1.55. The molecule has 3 atom stereocenters. The molecule has 0 spiro atoms. The normalized spacial score (nSPS) is 21.1. The van der Waals surface area contributed by atoms with Gasteiger partial charge in [0.15, 0.2) is 21.3 Å². The number of amides is 3. The SMILES string of the molecule is Cc1cc(NC(=O)c2c3c(cn2C)S(=O)(=O)CN[C@H]2CN(C(=O)C(=O)N[C@H](C)C(F)(F)F)C[C@H]2CO3)ccc1F. The average molecular weight is 590 g/mol. The van der Waals surface area contributed by atoms with Crippen molar-refractivity contribution >= 4 is 33.2 Å². The zero-order valence-corrected chi connectivity index (χ0v) is 22.5. The summed E-state index contributed by atoms with van der Waals surface area (Å²) >= 11 is 0. The molecular weight excluding hydrogens is 562 g/mol. The molecule has 3 N–H and O–H groups in total. The molecule has 1 aromatic carbocycles. The molecular formula is C24H27F4N5O6S. The average Bonchev–Trinajstić information content (AvgIpc) is 3.43. The van der Waals surface area contributed by atoms with Crippen LogP contribution in [0.15, 0.2) is 29.3 Å². The van der Waals surface area contributed by atoms with Gasteiger partial charge in [0.05, 0.1) is 6.61 Å². The number of fused-ring (bicyclic) bond motifs is 2. The molecule has 1 fully saturated rings. The van der Waals surface area contributed by atoms with Gasteiger partial charge in [0.1, 0.15) is 22.6 Å². The highest BCUT2D eigenvalue weighted by Gasteiger charge is 2.43. The molecule has 0 saturated carbocycles. The summed E-state index contributed by atoms with van der Waals surface area (Å²) in [4.78, 5) is 38.7. The van der Waals surface area contributed by atoms with Crippen molar-refractivity contribution in [2.75, 3.05) is 30.9 Å². The number of benzene rings is 1. The highest BCUT2D eigenvalue weighted by molar-refractivity contribution is 7.91. The van der Waals surface area contributed by atoms with Gasteiger partial charge >= 0.3 is 18.0 Å². The minimum Gasteiger partial charge on any atom is -0.489 e. The maximum absolute atomic E-state index is 13.6. The maximum Gasteiger partial charge on any atom is 0.408 e. The van der Waals surface area contributed by atoms with Crippen molar-refractivity contribution in [1.29, 1.82) is 0 Å². The molecule has 40 heavy (non-hydrogen) atoms. The molecule has 11 nitrogen and oxygen atoms in total. The molecule has 3 heterocycles. The zero-order chi connectivity index (χ0) is 29.6. The minimum absolute atomic E-state index is 0.108. The number of alkyl halides is 3. The van der Waals surface area contributed by atoms with Gasteiger partial charge in [0.2, 0.25) is 0 Å².